The normalized spacial score (nSPS) is 12.6. The number of fused-ring (bicyclic) bond motifs is 1. The van der Waals surface area contributed by atoms with Crippen molar-refractivity contribution in [2.45, 2.75) is 33.4 Å². The number of ether oxygens (including phenoxy) is 2. The summed E-state index contributed by atoms with van der Waals surface area (Å²) in [4.78, 5) is 0. The van der Waals surface area contributed by atoms with Crippen LogP contribution in [0.5, 0.6) is 11.5 Å². The summed E-state index contributed by atoms with van der Waals surface area (Å²) in [5, 5.41) is 20.1. The van der Waals surface area contributed by atoms with Crippen LogP contribution in [0.25, 0.3) is 10.9 Å². The molecule has 0 aliphatic rings. The molecule has 5 nitrogen and oxygen atoms in total. The molecule has 0 saturated carbocycles. The van der Waals surface area contributed by atoms with Gasteiger partial charge in [0, 0.05) is 29.8 Å². The molecule has 1 unspecified atom stereocenters. The molecule has 1 atom stereocenters. The van der Waals surface area contributed by atoms with E-state index in [2.05, 4.69) is 0 Å². The molecule has 2 rings (SSSR count). The van der Waals surface area contributed by atoms with E-state index in [0.717, 1.165) is 16.5 Å². The Balaban J connectivity index is 2.64. The van der Waals surface area contributed by atoms with Crippen LogP contribution in [0.2, 0.25) is 0 Å². The number of aromatic nitrogens is 1. The van der Waals surface area contributed by atoms with E-state index >= 15 is 0 Å². The minimum atomic E-state index is -0.583. The Bertz CT molecular complexity index is 604. The first-order valence-corrected chi connectivity index (χ1v) is 7.33. The Hall–Kier alpha value is -1.72. The molecule has 2 N–H and O–H groups in total. The van der Waals surface area contributed by atoms with Crippen molar-refractivity contribution in [3.63, 3.8) is 0 Å². The Morgan fingerprint density at radius 1 is 1.14 bits per heavy atom. The Kier molecular flexibility index (Phi) is 5.09. The molecule has 0 fully saturated rings. The minimum absolute atomic E-state index is 0.0419. The van der Waals surface area contributed by atoms with E-state index in [9.17, 15) is 10.2 Å². The van der Waals surface area contributed by atoms with Gasteiger partial charge in [-0.1, -0.05) is 0 Å². The molecule has 0 amide bonds. The quantitative estimate of drug-likeness (QED) is 0.823. The molecule has 0 radical (unpaired) electrons. The molecule has 0 bridgehead atoms. The minimum Gasteiger partial charge on any atom is -0.490 e. The molecular weight excluding hydrogens is 270 g/mol. The standard InChI is InChI=1S/C16H23NO4/c1-4-20-15-8-12-13(11(3)19)10-17(6-7-18)14(12)9-16(15)21-5-2/h8-11,18-19H,4-7H2,1-3H3. The largest absolute Gasteiger partial charge is 0.490 e. The van der Waals surface area contributed by atoms with Crippen molar-refractivity contribution in [2.75, 3.05) is 19.8 Å². The summed E-state index contributed by atoms with van der Waals surface area (Å²) in [5.41, 5.74) is 1.74. The van der Waals surface area contributed by atoms with Crippen molar-refractivity contribution in [3.05, 3.63) is 23.9 Å². The van der Waals surface area contributed by atoms with Gasteiger partial charge >= 0.3 is 0 Å². The molecule has 0 aliphatic carbocycles. The summed E-state index contributed by atoms with van der Waals surface area (Å²) in [6, 6.07) is 3.81. The average molecular weight is 293 g/mol. The molecular formula is C16H23NO4. The third-order valence-electron chi connectivity index (χ3n) is 3.37. The van der Waals surface area contributed by atoms with Gasteiger partial charge in [-0.3, -0.25) is 0 Å². The number of aliphatic hydroxyl groups excluding tert-OH is 2. The van der Waals surface area contributed by atoms with E-state index in [-0.39, 0.29) is 6.61 Å². The molecule has 1 aromatic heterocycles. The van der Waals surface area contributed by atoms with E-state index in [4.69, 9.17) is 9.47 Å². The number of nitrogens with zero attached hydrogens (tertiary/aromatic N) is 1. The highest BCUT2D eigenvalue weighted by Crippen LogP contribution is 2.36. The van der Waals surface area contributed by atoms with Crippen LogP contribution in [0.4, 0.5) is 0 Å². The molecule has 0 spiro atoms. The van der Waals surface area contributed by atoms with E-state index in [1.54, 1.807) is 6.92 Å². The van der Waals surface area contributed by atoms with Crippen LogP contribution in [0, 0.1) is 0 Å². The third-order valence-corrected chi connectivity index (χ3v) is 3.37. The zero-order valence-corrected chi connectivity index (χ0v) is 12.8. The van der Waals surface area contributed by atoms with Crippen molar-refractivity contribution < 1.29 is 19.7 Å². The fraction of sp³-hybridized carbons (Fsp3) is 0.500. The number of aliphatic hydroxyl groups is 2. The van der Waals surface area contributed by atoms with Gasteiger partial charge in [0.2, 0.25) is 0 Å². The van der Waals surface area contributed by atoms with Gasteiger partial charge in [0.25, 0.3) is 0 Å². The third kappa shape index (κ3) is 3.14. The van der Waals surface area contributed by atoms with E-state index < -0.39 is 6.10 Å². The lowest BCUT2D eigenvalue weighted by molar-refractivity contribution is 0.200. The van der Waals surface area contributed by atoms with Crippen LogP contribution < -0.4 is 9.47 Å². The second kappa shape index (κ2) is 6.83. The average Bonchev–Trinajstić information content (AvgIpc) is 2.79. The van der Waals surface area contributed by atoms with Crippen LogP contribution >= 0.6 is 0 Å². The molecule has 1 heterocycles. The van der Waals surface area contributed by atoms with Crippen LogP contribution in [0.3, 0.4) is 0 Å². The van der Waals surface area contributed by atoms with Gasteiger partial charge in [0.1, 0.15) is 0 Å². The van der Waals surface area contributed by atoms with Crippen molar-refractivity contribution in [3.8, 4) is 11.5 Å². The highest BCUT2D eigenvalue weighted by molar-refractivity contribution is 5.87. The Morgan fingerprint density at radius 3 is 2.29 bits per heavy atom. The fourth-order valence-electron chi connectivity index (χ4n) is 2.49. The lowest BCUT2D eigenvalue weighted by Gasteiger charge is -2.12. The molecule has 5 heteroatoms. The van der Waals surface area contributed by atoms with Crippen LogP contribution in [0.1, 0.15) is 32.4 Å². The Labute approximate surface area is 124 Å². The van der Waals surface area contributed by atoms with E-state index in [1.807, 2.05) is 36.7 Å². The first kappa shape index (κ1) is 15.7. The maximum atomic E-state index is 9.95. The second-order valence-electron chi connectivity index (χ2n) is 4.86. The molecule has 1 aromatic carbocycles. The predicted octanol–water partition coefficient (Wildman–Crippen LogP) is 2.48. The van der Waals surface area contributed by atoms with Gasteiger partial charge in [-0.2, -0.15) is 0 Å². The van der Waals surface area contributed by atoms with Crippen molar-refractivity contribution in [1.82, 2.24) is 4.57 Å². The van der Waals surface area contributed by atoms with E-state index in [0.29, 0.717) is 31.3 Å². The monoisotopic (exact) mass is 293 g/mol. The molecule has 21 heavy (non-hydrogen) atoms. The molecule has 2 aromatic rings. The summed E-state index contributed by atoms with van der Waals surface area (Å²) in [5.74, 6) is 1.36. The van der Waals surface area contributed by atoms with Gasteiger partial charge in [-0.25, -0.2) is 0 Å². The summed E-state index contributed by atoms with van der Waals surface area (Å²) >= 11 is 0. The number of benzene rings is 1. The topological polar surface area (TPSA) is 63.9 Å². The van der Waals surface area contributed by atoms with Gasteiger partial charge in [-0.15, -0.1) is 0 Å². The summed E-state index contributed by atoms with van der Waals surface area (Å²) in [7, 11) is 0. The number of hydrogen-bond donors (Lipinski definition) is 2. The highest BCUT2D eigenvalue weighted by atomic mass is 16.5. The lowest BCUT2D eigenvalue weighted by Crippen LogP contribution is -2.02. The van der Waals surface area contributed by atoms with Gasteiger partial charge in [0.15, 0.2) is 11.5 Å². The molecule has 0 saturated heterocycles. The van der Waals surface area contributed by atoms with Crippen LogP contribution in [-0.2, 0) is 6.54 Å². The Morgan fingerprint density at radius 2 is 1.76 bits per heavy atom. The maximum Gasteiger partial charge on any atom is 0.163 e. The summed E-state index contributed by atoms with van der Waals surface area (Å²) in [6.07, 6.45) is 1.29. The van der Waals surface area contributed by atoms with Crippen molar-refractivity contribution in [1.29, 1.82) is 0 Å². The number of rotatable bonds is 7. The van der Waals surface area contributed by atoms with Gasteiger partial charge in [-0.05, 0) is 26.8 Å². The van der Waals surface area contributed by atoms with Gasteiger partial charge in [0.05, 0.1) is 31.4 Å². The first-order valence-electron chi connectivity index (χ1n) is 7.33. The molecule has 0 aliphatic heterocycles. The van der Waals surface area contributed by atoms with Crippen LogP contribution in [0.15, 0.2) is 18.3 Å². The molecule has 116 valence electrons. The van der Waals surface area contributed by atoms with Crippen LogP contribution in [-0.4, -0.2) is 34.6 Å². The van der Waals surface area contributed by atoms with Gasteiger partial charge < -0.3 is 24.3 Å². The summed E-state index contributed by atoms with van der Waals surface area (Å²) < 4.78 is 13.2. The maximum absolute atomic E-state index is 9.95. The zero-order chi connectivity index (χ0) is 15.4. The summed E-state index contributed by atoms with van der Waals surface area (Å²) in [6.45, 7) is 7.20. The first-order chi connectivity index (χ1) is 10.1. The second-order valence-corrected chi connectivity index (χ2v) is 4.86. The van der Waals surface area contributed by atoms with Crippen molar-refractivity contribution in [2.24, 2.45) is 0 Å². The van der Waals surface area contributed by atoms with E-state index in [1.165, 1.54) is 0 Å². The number of hydrogen-bond acceptors (Lipinski definition) is 4. The SMILES string of the molecule is CCOc1cc2c(C(C)O)cn(CCO)c2cc1OCC. The highest BCUT2D eigenvalue weighted by Gasteiger charge is 2.16. The smallest absolute Gasteiger partial charge is 0.163 e. The van der Waals surface area contributed by atoms with Crippen molar-refractivity contribution >= 4 is 10.9 Å². The predicted molar refractivity (Wildman–Crippen MR) is 82.0 cm³/mol. The zero-order valence-electron chi connectivity index (χ0n) is 12.8. The lowest BCUT2D eigenvalue weighted by atomic mass is 10.1. The fourth-order valence-corrected chi connectivity index (χ4v) is 2.49.